The summed E-state index contributed by atoms with van der Waals surface area (Å²) in [6.45, 7) is 0.809. The van der Waals surface area contributed by atoms with Crippen molar-refractivity contribution in [2.24, 2.45) is 0 Å². The fourth-order valence-electron chi connectivity index (χ4n) is 2.75. The van der Waals surface area contributed by atoms with Crippen molar-refractivity contribution < 1.29 is 19.1 Å². The fraction of sp³-hybridized carbons (Fsp3) is 0.333. The lowest BCUT2D eigenvalue weighted by Gasteiger charge is -2.18. The highest BCUT2D eigenvalue weighted by molar-refractivity contribution is 14.1. The molecule has 0 aliphatic heterocycles. The van der Waals surface area contributed by atoms with Crippen LogP contribution in [0, 0.1) is 3.57 Å². The molecule has 2 N–H and O–H groups in total. The van der Waals surface area contributed by atoms with Gasteiger partial charge in [-0.15, -0.1) is 0 Å². The predicted octanol–water partition coefficient (Wildman–Crippen LogP) is 2.33. The first-order chi connectivity index (χ1) is 13.5. The van der Waals surface area contributed by atoms with Crippen LogP contribution in [0.5, 0.6) is 5.75 Å². The second kappa shape index (κ2) is 11.7. The summed E-state index contributed by atoms with van der Waals surface area (Å²) in [5.41, 5.74) is 2.11. The summed E-state index contributed by atoms with van der Waals surface area (Å²) in [6, 6.07) is 14.9. The number of rotatable bonds is 10. The Kier molecular flexibility index (Phi) is 9.22. The molecular formula is C21H25IN2O4. The minimum atomic E-state index is -0.756. The SMILES string of the molecule is COC(=O)C(Cc1cccc(OC)c1I)NC(=O)CNCCc1ccccc1. The van der Waals surface area contributed by atoms with Gasteiger partial charge in [0.25, 0.3) is 0 Å². The van der Waals surface area contributed by atoms with E-state index in [9.17, 15) is 9.59 Å². The van der Waals surface area contributed by atoms with Crippen molar-refractivity contribution in [2.75, 3.05) is 27.3 Å². The summed E-state index contributed by atoms with van der Waals surface area (Å²) >= 11 is 2.17. The van der Waals surface area contributed by atoms with Crippen molar-refractivity contribution >= 4 is 34.5 Å². The second-order valence-corrected chi connectivity index (χ2v) is 7.27. The monoisotopic (exact) mass is 496 g/mol. The van der Waals surface area contributed by atoms with Gasteiger partial charge in [-0.2, -0.15) is 0 Å². The molecule has 1 amide bonds. The summed E-state index contributed by atoms with van der Waals surface area (Å²) in [5, 5.41) is 5.86. The van der Waals surface area contributed by atoms with Gasteiger partial charge in [0.05, 0.1) is 24.3 Å². The van der Waals surface area contributed by atoms with Gasteiger partial charge in [-0.25, -0.2) is 4.79 Å². The molecule has 6 nitrogen and oxygen atoms in total. The van der Waals surface area contributed by atoms with Crippen molar-refractivity contribution in [3.05, 3.63) is 63.2 Å². The highest BCUT2D eigenvalue weighted by Crippen LogP contribution is 2.25. The zero-order valence-corrected chi connectivity index (χ0v) is 18.2. The van der Waals surface area contributed by atoms with Crippen molar-refractivity contribution in [1.82, 2.24) is 10.6 Å². The van der Waals surface area contributed by atoms with E-state index in [1.165, 1.54) is 12.7 Å². The molecule has 2 aromatic carbocycles. The number of amides is 1. The average molecular weight is 496 g/mol. The zero-order valence-electron chi connectivity index (χ0n) is 16.0. The maximum Gasteiger partial charge on any atom is 0.328 e. The number of nitrogens with one attached hydrogen (secondary N) is 2. The van der Waals surface area contributed by atoms with Crippen LogP contribution in [0.2, 0.25) is 0 Å². The first-order valence-corrected chi connectivity index (χ1v) is 10.1. The van der Waals surface area contributed by atoms with E-state index in [0.717, 1.165) is 21.3 Å². The number of ether oxygens (including phenoxy) is 2. The highest BCUT2D eigenvalue weighted by atomic mass is 127. The van der Waals surface area contributed by atoms with Crippen molar-refractivity contribution in [1.29, 1.82) is 0 Å². The minimum Gasteiger partial charge on any atom is -0.496 e. The zero-order chi connectivity index (χ0) is 20.4. The molecule has 28 heavy (non-hydrogen) atoms. The first-order valence-electron chi connectivity index (χ1n) is 8.98. The number of methoxy groups -OCH3 is 2. The lowest BCUT2D eigenvalue weighted by atomic mass is 10.1. The van der Waals surface area contributed by atoms with Crippen LogP contribution in [-0.2, 0) is 27.2 Å². The molecule has 0 bridgehead atoms. The highest BCUT2D eigenvalue weighted by Gasteiger charge is 2.23. The van der Waals surface area contributed by atoms with E-state index >= 15 is 0 Å². The van der Waals surface area contributed by atoms with Gasteiger partial charge in [0.15, 0.2) is 0 Å². The number of hydrogen-bond acceptors (Lipinski definition) is 5. The molecule has 0 saturated carbocycles. The lowest BCUT2D eigenvalue weighted by molar-refractivity contribution is -0.144. The molecule has 0 aromatic heterocycles. The number of benzene rings is 2. The van der Waals surface area contributed by atoms with E-state index < -0.39 is 12.0 Å². The Morgan fingerprint density at radius 2 is 1.82 bits per heavy atom. The van der Waals surface area contributed by atoms with Crippen LogP contribution in [0.25, 0.3) is 0 Å². The number of esters is 1. The third-order valence-electron chi connectivity index (χ3n) is 4.23. The molecule has 2 rings (SSSR count). The summed E-state index contributed by atoms with van der Waals surface area (Å²) in [5.74, 6) is 0.00763. The largest absolute Gasteiger partial charge is 0.496 e. The molecule has 0 aliphatic carbocycles. The van der Waals surface area contributed by atoms with Crippen LogP contribution in [0.3, 0.4) is 0 Å². The Bertz CT molecular complexity index is 783. The van der Waals surface area contributed by atoms with Gasteiger partial charge in [0, 0.05) is 6.42 Å². The molecule has 7 heteroatoms. The Morgan fingerprint density at radius 1 is 1.07 bits per heavy atom. The molecule has 0 fully saturated rings. The van der Waals surface area contributed by atoms with Crippen molar-refractivity contribution in [2.45, 2.75) is 18.9 Å². The molecule has 150 valence electrons. The molecule has 0 heterocycles. The van der Waals surface area contributed by atoms with Crippen LogP contribution in [0.4, 0.5) is 0 Å². The standard InChI is InChI=1S/C21H25IN2O4/c1-27-18-10-6-9-16(20(18)22)13-17(21(26)28-2)24-19(25)14-23-12-11-15-7-4-3-5-8-15/h3-10,17,23H,11-14H2,1-2H3,(H,24,25). The summed E-state index contributed by atoms with van der Waals surface area (Å²) in [7, 11) is 2.91. The number of hydrogen-bond donors (Lipinski definition) is 2. The van der Waals surface area contributed by atoms with E-state index in [1.807, 2.05) is 48.5 Å². The minimum absolute atomic E-state index is 0.134. The molecule has 1 unspecified atom stereocenters. The molecule has 0 saturated heterocycles. The van der Waals surface area contributed by atoms with E-state index in [1.54, 1.807) is 7.11 Å². The topological polar surface area (TPSA) is 76.7 Å². The first kappa shape index (κ1) is 22.2. The lowest BCUT2D eigenvalue weighted by Crippen LogP contribution is -2.46. The van der Waals surface area contributed by atoms with Gasteiger partial charge in [0.2, 0.25) is 5.91 Å². The number of carbonyl (C=O) groups excluding carboxylic acids is 2. The maximum atomic E-state index is 12.3. The van der Waals surface area contributed by atoms with Gasteiger partial charge >= 0.3 is 5.97 Å². The van der Waals surface area contributed by atoms with Crippen LogP contribution in [0.1, 0.15) is 11.1 Å². The molecule has 0 radical (unpaired) electrons. The molecule has 0 spiro atoms. The Hall–Kier alpha value is -2.13. The smallest absolute Gasteiger partial charge is 0.328 e. The Morgan fingerprint density at radius 3 is 2.50 bits per heavy atom. The van der Waals surface area contributed by atoms with Gasteiger partial charge < -0.3 is 20.1 Å². The Labute approximate surface area is 179 Å². The van der Waals surface area contributed by atoms with Gasteiger partial charge in [-0.05, 0) is 52.7 Å². The third-order valence-corrected chi connectivity index (χ3v) is 5.45. The average Bonchev–Trinajstić information content (AvgIpc) is 2.72. The molecule has 1 atom stereocenters. The summed E-state index contributed by atoms with van der Waals surface area (Å²) < 4.78 is 11.1. The van der Waals surface area contributed by atoms with Crippen LogP contribution < -0.4 is 15.4 Å². The summed E-state index contributed by atoms with van der Waals surface area (Å²) in [4.78, 5) is 24.4. The van der Waals surface area contributed by atoms with Gasteiger partial charge in [-0.3, -0.25) is 4.79 Å². The Balaban J connectivity index is 1.89. The number of halogens is 1. The fourth-order valence-corrected chi connectivity index (χ4v) is 3.55. The van der Waals surface area contributed by atoms with Crippen LogP contribution >= 0.6 is 22.6 Å². The third kappa shape index (κ3) is 6.79. The molecule has 0 aliphatic rings. The predicted molar refractivity (Wildman–Crippen MR) is 116 cm³/mol. The normalized spacial score (nSPS) is 11.5. The van der Waals surface area contributed by atoms with Gasteiger partial charge in [-0.1, -0.05) is 42.5 Å². The van der Waals surface area contributed by atoms with E-state index in [0.29, 0.717) is 13.0 Å². The maximum absolute atomic E-state index is 12.3. The second-order valence-electron chi connectivity index (χ2n) is 6.19. The van der Waals surface area contributed by atoms with Crippen LogP contribution in [-0.4, -0.2) is 45.2 Å². The van der Waals surface area contributed by atoms with E-state index in [-0.39, 0.29) is 12.5 Å². The van der Waals surface area contributed by atoms with Crippen molar-refractivity contribution in [3.63, 3.8) is 0 Å². The summed E-state index contributed by atoms with van der Waals surface area (Å²) in [6.07, 6.45) is 1.16. The number of carbonyl (C=O) groups is 2. The van der Waals surface area contributed by atoms with E-state index in [4.69, 9.17) is 9.47 Å². The van der Waals surface area contributed by atoms with Gasteiger partial charge in [0.1, 0.15) is 11.8 Å². The van der Waals surface area contributed by atoms with E-state index in [2.05, 4.69) is 33.2 Å². The van der Waals surface area contributed by atoms with Crippen LogP contribution in [0.15, 0.2) is 48.5 Å². The quantitative estimate of drug-likeness (QED) is 0.300. The molecule has 2 aromatic rings. The van der Waals surface area contributed by atoms with Crippen molar-refractivity contribution in [3.8, 4) is 5.75 Å². The molecular weight excluding hydrogens is 471 g/mol.